The van der Waals surface area contributed by atoms with E-state index in [4.69, 9.17) is 4.74 Å². The molecule has 1 N–H and O–H groups in total. The third-order valence-electron chi connectivity index (χ3n) is 3.93. The lowest BCUT2D eigenvalue weighted by atomic mass is 9.93. The number of hydrogen-bond donors (Lipinski definition) is 1. The standard InChI is InChI=1S/C15H21NOS/c1-2-4-15-14(3-1)13(5-7-17-15)10-16-9-12-6-8-18-11-12/h1-4,12-13,16H,5-11H2. The summed E-state index contributed by atoms with van der Waals surface area (Å²) in [5.74, 6) is 5.31. The predicted octanol–water partition coefficient (Wildman–Crippen LogP) is 2.90. The van der Waals surface area contributed by atoms with Crippen molar-refractivity contribution in [3.05, 3.63) is 29.8 Å². The molecule has 2 unspecified atom stereocenters. The van der Waals surface area contributed by atoms with E-state index in [0.717, 1.165) is 31.2 Å². The fourth-order valence-corrected chi connectivity index (χ4v) is 4.12. The zero-order chi connectivity index (χ0) is 12.2. The maximum atomic E-state index is 5.70. The third kappa shape index (κ3) is 2.83. The molecule has 0 amide bonds. The zero-order valence-corrected chi connectivity index (χ0v) is 11.5. The van der Waals surface area contributed by atoms with Crippen molar-refractivity contribution in [2.75, 3.05) is 31.2 Å². The molecule has 0 aromatic heterocycles. The summed E-state index contributed by atoms with van der Waals surface area (Å²) in [5.41, 5.74) is 1.39. The first-order chi connectivity index (χ1) is 8.93. The van der Waals surface area contributed by atoms with E-state index in [2.05, 4.69) is 41.3 Å². The molecule has 1 fully saturated rings. The third-order valence-corrected chi connectivity index (χ3v) is 5.16. The Bertz CT molecular complexity index is 390. The van der Waals surface area contributed by atoms with Gasteiger partial charge in [0.05, 0.1) is 6.61 Å². The molecule has 2 atom stereocenters. The van der Waals surface area contributed by atoms with E-state index >= 15 is 0 Å². The Morgan fingerprint density at radius 2 is 2.17 bits per heavy atom. The lowest BCUT2D eigenvalue weighted by Crippen LogP contribution is -2.29. The van der Waals surface area contributed by atoms with Crippen LogP contribution in [0.5, 0.6) is 5.75 Å². The van der Waals surface area contributed by atoms with Gasteiger partial charge in [-0.15, -0.1) is 0 Å². The second-order valence-corrected chi connectivity index (χ2v) is 6.41. The molecule has 2 aliphatic heterocycles. The highest BCUT2D eigenvalue weighted by atomic mass is 32.2. The summed E-state index contributed by atoms with van der Waals surface area (Å²) in [6, 6.07) is 8.49. The largest absolute Gasteiger partial charge is 0.493 e. The van der Waals surface area contributed by atoms with E-state index in [1.54, 1.807) is 0 Å². The molecule has 1 saturated heterocycles. The van der Waals surface area contributed by atoms with Gasteiger partial charge >= 0.3 is 0 Å². The van der Waals surface area contributed by atoms with Gasteiger partial charge in [-0.3, -0.25) is 0 Å². The predicted molar refractivity (Wildman–Crippen MR) is 77.6 cm³/mol. The molecular weight excluding hydrogens is 242 g/mol. The minimum absolute atomic E-state index is 0.629. The SMILES string of the molecule is c1ccc2c(c1)OCCC2CNCC1CCSC1. The van der Waals surface area contributed by atoms with Crippen LogP contribution in [0.4, 0.5) is 0 Å². The number of thioether (sulfide) groups is 1. The molecule has 98 valence electrons. The topological polar surface area (TPSA) is 21.3 Å². The molecule has 0 radical (unpaired) electrons. The van der Waals surface area contributed by atoms with E-state index in [1.165, 1.54) is 30.0 Å². The Kier molecular flexibility index (Phi) is 4.11. The molecule has 2 nitrogen and oxygen atoms in total. The normalized spacial score (nSPS) is 26.7. The van der Waals surface area contributed by atoms with Gasteiger partial charge < -0.3 is 10.1 Å². The number of ether oxygens (including phenoxy) is 1. The number of benzene rings is 1. The Morgan fingerprint density at radius 1 is 1.22 bits per heavy atom. The lowest BCUT2D eigenvalue weighted by Gasteiger charge is -2.26. The van der Waals surface area contributed by atoms with Gasteiger partial charge in [-0.1, -0.05) is 18.2 Å². The average Bonchev–Trinajstić information content (AvgIpc) is 2.92. The minimum Gasteiger partial charge on any atom is -0.493 e. The summed E-state index contributed by atoms with van der Waals surface area (Å²) in [5, 5.41) is 3.67. The second kappa shape index (κ2) is 5.98. The van der Waals surface area contributed by atoms with Crippen LogP contribution in [0.1, 0.15) is 24.3 Å². The molecule has 0 spiro atoms. The van der Waals surface area contributed by atoms with Gasteiger partial charge in [0.25, 0.3) is 0 Å². The van der Waals surface area contributed by atoms with Crippen molar-refractivity contribution < 1.29 is 4.74 Å². The fourth-order valence-electron chi connectivity index (χ4n) is 2.83. The van der Waals surface area contributed by atoms with Crippen LogP contribution in [0.2, 0.25) is 0 Å². The Balaban J connectivity index is 1.54. The zero-order valence-electron chi connectivity index (χ0n) is 10.7. The van der Waals surface area contributed by atoms with Gasteiger partial charge in [0.15, 0.2) is 0 Å². The van der Waals surface area contributed by atoms with Crippen LogP contribution in [0.3, 0.4) is 0 Å². The van der Waals surface area contributed by atoms with Gasteiger partial charge in [0.1, 0.15) is 5.75 Å². The molecule has 1 aromatic carbocycles. The quantitative estimate of drug-likeness (QED) is 0.902. The summed E-state index contributed by atoms with van der Waals surface area (Å²) < 4.78 is 5.70. The number of hydrogen-bond acceptors (Lipinski definition) is 3. The van der Waals surface area contributed by atoms with Crippen molar-refractivity contribution in [3.63, 3.8) is 0 Å². The maximum Gasteiger partial charge on any atom is 0.122 e. The molecule has 1 aromatic rings. The highest BCUT2D eigenvalue weighted by Gasteiger charge is 2.21. The molecule has 18 heavy (non-hydrogen) atoms. The Hall–Kier alpha value is -0.670. The van der Waals surface area contributed by atoms with Crippen molar-refractivity contribution >= 4 is 11.8 Å². The number of nitrogens with one attached hydrogen (secondary N) is 1. The van der Waals surface area contributed by atoms with Crippen LogP contribution in [-0.2, 0) is 0 Å². The Labute approximate surface area is 113 Å². The molecule has 0 bridgehead atoms. The number of para-hydroxylation sites is 1. The Morgan fingerprint density at radius 3 is 3.06 bits per heavy atom. The molecule has 2 aliphatic rings. The van der Waals surface area contributed by atoms with Crippen LogP contribution >= 0.6 is 11.8 Å². The summed E-state index contributed by atoms with van der Waals surface area (Å²) >= 11 is 2.10. The van der Waals surface area contributed by atoms with Crippen LogP contribution in [0, 0.1) is 5.92 Å². The highest BCUT2D eigenvalue weighted by molar-refractivity contribution is 7.99. The van der Waals surface area contributed by atoms with E-state index in [-0.39, 0.29) is 0 Å². The average molecular weight is 263 g/mol. The van der Waals surface area contributed by atoms with Gasteiger partial charge in [-0.25, -0.2) is 0 Å². The minimum atomic E-state index is 0.629. The van der Waals surface area contributed by atoms with Gasteiger partial charge in [-0.2, -0.15) is 11.8 Å². The highest BCUT2D eigenvalue weighted by Crippen LogP contribution is 2.32. The smallest absolute Gasteiger partial charge is 0.122 e. The number of rotatable bonds is 4. The van der Waals surface area contributed by atoms with E-state index in [0.29, 0.717) is 5.92 Å². The first kappa shape index (κ1) is 12.4. The van der Waals surface area contributed by atoms with Gasteiger partial charge in [0, 0.05) is 12.5 Å². The first-order valence-corrected chi connectivity index (χ1v) is 8.09. The molecule has 3 heteroatoms. The van der Waals surface area contributed by atoms with Crippen molar-refractivity contribution in [2.24, 2.45) is 5.92 Å². The van der Waals surface area contributed by atoms with Crippen LogP contribution < -0.4 is 10.1 Å². The number of fused-ring (bicyclic) bond motifs is 1. The van der Waals surface area contributed by atoms with Crippen molar-refractivity contribution in [2.45, 2.75) is 18.8 Å². The summed E-state index contributed by atoms with van der Waals surface area (Å²) in [6.07, 6.45) is 2.53. The van der Waals surface area contributed by atoms with Crippen molar-refractivity contribution in [3.8, 4) is 5.75 Å². The van der Waals surface area contributed by atoms with Crippen molar-refractivity contribution in [1.82, 2.24) is 5.32 Å². The summed E-state index contributed by atoms with van der Waals surface area (Å²) in [7, 11) is 0. The van der Waals surface area contributed by atoms with E-state index < -0.39 is 0 Å². The molecular formula is C15H21NOS. The first-order valence-electron chi connectivity index (χ1n) is 6.93. The van der Waals surface area contributed by atoms with Crippen molar-refractivity contribution in [1.29, 1.82) is 0 Å². The second-order valence-electron chi connectivity index (χ2n) is 5.26. The van der Waals surface area contributed by atoms with Crippen LogP contribution in [0.25, 0.3) is 0 Å². The summed E-state index contributed by atoms with van der Waals surface area (Å²) in [6.45, 7) is 3.15. The molecule has 0 saturated carbocycles. The maximum absolute atomic E-state index is 5.70. The van der Waals surface area contributed by atoms with Crippen LogP contribution in [-0.4, -0.2) is 31.2 Å². The van der Waals surface area contributed by atoms with Crippen LogP contribution in [0.15, 0.2) is 24.3 Å². The van der Waals surface area contributed by atoms with Gasteiger partial charge in [-0.05, 0) is 48.4 Å². The molecule has 3 rings (SSSR count). The van der Waals surface area contributed by atoms with E-state index in [9.17, 15) is 0 Å². The van der Waals surface area contributed by atoms with E-state index in [1.807, 2.05) is 0 Å². The van der Waals surface area contributed by atoms with Gasteiger partial charge in [0.2, 0.25) is 0 Å². The summed E-state index contributed by atoms with van der Waals surface area (Å²) in [4.78, 5) is 0. The fraction of sp³-hybridized carbons (Fsp3) is 0.600. The monoisotopic (exact) mass is 263 g/mol. The molecule has 2 heterocycles. The lowest BCUT2D eigenvalue weighted by molar-refractivity contribution is 0.264. The molecule has 0 aliphatic carbocycles.